The van der Waals surface area contributed by atoms with Gasteiger partial charge in [0.2, 0.25) is 5.91 Å². The predicted molar refractivity (Wildman–Crippen MR) is 74.4 cm³/mol. The molecule has 104 valence electrons. The Morgan fingerprint density at radius 1 is 1.17 bits per heavy atom. The van der Waals surface area contributed by atoms with E-state index >= 15 is 0 Å². The summed E-state index contributed by atoms with van der Waals surface area (Å²) in [6.45, 7) is 3.27. The zero-order valence-electron chi connectivity index (χ0n) is 11.7. The van der Waals surface area contributed by atoms with Gasteiger partial charge in [-0.1, -0.05) is 25.7 Å². The second-order valence-electron chi connectivity index (χ2n) is 6.11. The van der Waals surface area contributed by atoms with Gasteiger partial charge in [0, 0.05) is 18.5 Å². The fourth-order valence-corrected chi connectivity index (χ4v) is 3.40. The Morgan fingerprint density at radius 3 is 2.50 bits per heavy atom. The highest BCUT2D eigenvalue weighted by Gasteiger charge is 2.22. The summed E-state index contributed by atoms with van der Waals surface area (Å²) in [4.78, 5) is 12.0. The first-order valence-electron chi connectivity index (χ1n) is 7.78. The molecular formula is C15H28N2O. The SMILES string of the molecule is C[C@@H](NC(=O)CC1CCCN1)C1CCCCCC1. The minimum absolute atomic E-state index is 0.242. The normalized spacial score (nSPS) is 27.7. The smallest absolute Gasteiger partial charge is 0.221 e. The van der Waals surface area contributed by atoms with E-state index < -0.39 is 0 Å². The first kappa shape index (κ1) is 13.9. The van der Waals surface area contributed by atoms with E-state index in [-0.39, 0.29) is 5.91 Å². The number of carbonyl (C=O) groups is 1. The molecule has 2 aliphatic rings. The molecule has 0 aromatic rings. The van der Waals surface area contributed by atoms with Crippen LogP contribution in [-0.2, 0) is 4.79 Å². The van der Waals surface area contributed by atoms with Crippen LogP contribution in [0.1, 0.15) is 64.7 Å². The van der Waals surface area contributed by atoms with Gasteiger partial charge in [-0.15, -0.1) is 0 Å². The Morgan fingerprint density at radius 2 is 1.89 bits per heavy atom. The molecular weight excluding hydrogens is 224 g/mol. The van der Waals surface area contributed by atoms with Crippen molar-refractivity contribution in [2.75, 3.05) is 6.54 Å². The van der Waals surface area contributed by atoms with Crippen LogP contribution in [0.4, 0.5) is 0 Å². The van der Waals surface area contributed by atoms with E-state index in [0.29, 0.717) is 24.4 Å². The maximum absolute atomic E-state index is 12.0. The number of amides is 1. The molecule has 0 spiro atoms. The molecule has 1 amide bonds. The summed E-state index contributed by atoms with van der Waals surface area (Å²) in [5.41, 5.74) is 0. The Labute approximate surface area is 111 Å². The molecule has 0 aromatic carbocycles. The first-order valence-corrected chi connectivity index (χ1v) is 7.78. The van der Waals surface area contributed by atoms with Gasteiger partial charge in [-0.2, -0.15) is 0 Å². The molecule has 2 fully saturated rings. The third-order valence-corrected chi connectivity index (χ3v) is 4.59. The molecule has 0 aromatic heterocycles. The lowest BCUT2D eigenvalue weighted by molar-refractivity contribution is -0.122. The van der Waals surface area contributed by atoms with Crippen LogP contribution in [0.25, 0.3) is 0 Å². The van der Waals surface area contributed by atoms with Crippen LogP contribution in [0.5, 0.6) is 0 Å². The highest BCUT2D eigenvalue weighted by molar-refractivity contribution is 5.76. The molecule has 1 saturated carbocycles. The molecule has 3 heteroatoms. The zero-order chi connectivity index (χ0) is 12.8. The minimum atomic E-state index is 0.242. The molecule has 1 heterocycles. The van der Waals surface area contributed by atoms with E-state index in [9.17, 15) is 4.79 Å². The summed E-state index contributed by atoms with van der Waals surface area (Å²) in [6.07, 6.45) is 11.1. The van der Waals surface area contributed by atoms with Gasteiger partial charge in [-0.05, 0) is 45.1 Å². The Hall–Kier alpha value is -0.570. The van der Waals surface area contributed by atoms with Crippen molar-refractivity contribution in [1.82, 2.24) is 10.6 Å². The lowest BCUT2D eigenvalue weighted by atomic mass is 9.93. The average Bonchev–Trinajstić information content (AvgIpc) is 2.68. The molecule has 2 N–H and O–H groups in total. The van der Waals surface area contributed by atoms with Crippen molar-refractivity contribution in [3.8, 4) is 0 Å². The zero-order valence-corrected chi connectivity index (χ0v) is 11.7. The van der Waals surface area contributed by atoms with Crippen LogP contribution in [0.3, 0.4) is 0 Å². The Balaban J connectivity index is 1.71. The molecule has 1 saturated heterocycles. The van der Waals surface area contributed by atoms with Crippen LogP contribution in [0.2, 0.25) is 0 Å². The largest absolute Gasteiger partial charge is 0.353 e. The highest BCUT2D eigenvalue weighted by Crippen LogP contribution is 2.25. The lowest BCUT2D eigenvalue weighted by Crippen LogP contribution is -2.40. The van der Waals surface area contributed by atoms with E-state index in [2.05, 4.69) is 17.6 Å². The molecule has 0 bridgehead atoms. The monoisotopic (exact) mass is 252 g/mol. The van der Waals surface area contributed by atoms with Crippen LogP contribution in [0.15, 0.2) is 0 Å². The van der Waals surface area contributed by atoms with E-state index in [4.69, 9.17) is 0 Å². The lowest BCUT2D eigenvalue weighted by Gasteiger charge is -2.24. The van der Waals surface area contributed by atoms with E-state index in [1.807, 2.05) is 0 Å². The maximum Gasteiger partial charge on any atom is 0.221 e. The number of carbonyl (C=O) groups excluding carboxylic acids is 1. The summed E-state index contributed by atoms with van der Waals surface area (Å²) in [6, 6.07) is 0.781. The summed E-state index contributed by atoms with van der Waals surface area (Å²) in [5, 5.41) is 6.61. The molecule has 1 unspecified atom stereocenters. The third kappa shape index (κ3) is 4.27. The van der Waals surface area contributed by atoms with Crippen molar-refractivity contribution in [3.63, 3.8) is 0 Å². The van der Waals surface area contributed by atoms with Gasteiger partial charge in [0.05, 0.1) is 0 Å². The molecule has 2 rings (SSSR count). The van der Waals surface area contributed by atoms with Crippen LogP contribution in [0, 0.1) is 5.92 Å². The molecule has 1 aliphatic heterocycles. The topological polar surface area (TPSA) is 41.1 Å². The summed E-state index contributed by atoms with van der Waals surface area (Å²) >= 11 is 0. The molecule has 0 radical (unpaired) electrons. The van der Waals surface area contributed by atoms with Crippen molar-refractivity contribution in [1.29, 1.82) is 0 Å². The van der Waals surface area contributed by atoms with Crippen molar-refractivity contribution >= 4 is 5.91 Å². The summed E-state index contributed by atoms with van der Waals surface area (Å²) in [7, 11) is 0. The predicted octanol–water partition coefficient (Wildman–Crippen LogP) is 2.60. The molecule has 1 aliphatic carbocycles. The molecule has 2 atom stereocenters. The second-order valence-corrected chi connectivity index (χ2v) is 6.11. The maximum atomic E-state index is 12.0. The third-order valence-electron chi connectivity index (χ3n) is 4.59. The van der Waals surface area contributed by atoms with Gasteiger partial charge in [0.25, 0.3) is 0 Å². The molecule has 3 nitrogen and oxygen atoms in total. The van der Waals surface area contributed by atoms with E-state index in [0.717, 1.165) is 13.0 Å². The van der Waals surface area contributed by atoms with Gasteiger partial charge < -0.3 is 10.6 Å². The number of hydrogen-bond acceptors (Lipinski definition) is 2. The van der Waals surface area contributed by atoms with Gasteiger partial charge in [-0.3, -0.25) is 4.79 Å². The van der Waals surface area contributed by atoms with E-state index in [1.165, 1.54) is 44.9 Å². The van der Waals surface area contributed by atoms with Crippen molar-refractivity contribution in [2.45, 2.75) is 76.8 Å². The fraction of sp³-hybridized carbons (Fsp3) is 0.933. The summed E-state index contributed by atoms with van der Waals surface area (Å²) in [5.74, 6) is 0.944. The van der Waals surface area contributed by atoms with Gasteiger partial charge in [0.1, 0.15) is 0 Å². The fourth-order valence-electron chi connectivity index (χ4n) is 3.40. The van der Waals surface area contributed by atoms with Crippen LogP contribution in [-0.4, -0.2) is 24.5 Å². The molecule has 18 heavy (non-hydrogen) atoms. The van der Waals surface area contributed by atoms with Crippen molar-refractivity contribution in [2.24, 2.45) is 5.92 Å². The van der Waals surface area contributed by atoms with Gasteiger partial charge in [-0.25, -0.2) is 0 Å². The summed E-state index contributed by atoms with van der Waals surface area (Å²) < 4.78 is 0. The number of nitrogens with one attached hydrogen (secondary N) is 2. The van der Waals surface area contributed by atoms with Gasteiger partial charge >= 0.3 is 0 Å². The Bertz CT molecular complexity index is 253. The standard InChI is InChI=1S/C15H28N2O/c1-12(13-7-4-2-3-5-8-13)17-15(18)11-14-9-6-10-16-14/h12-14,16H,2-11H2,1H3,(H,17,18)/t12-,14?/m1/s1. The highest BCUT2D eigenvalue weighted by atomic mass is 16.1. The van der Waals surface area contributed by atoms with Gasteiger partial charge in [0.15, 0.2) is 0 Å². The quantitative estimate of drug-likeness (QED) is 0.755. The van der Waals surface area contributed by atoms with E-state index in [1.54, 1.807) is 0 Å². The van der Waals surface area contributed by atoms with Crippen LogP contribution < -0.4 is 10.6 Å². The average molecular weight is 252 g/mol. The number of hydrogen-bond donors (Lipinski definition) is 2. The van der Waals surface area contributed by atoms with Crippen molar-refractivity contribution in [3.05, 3.63) is 0 Å². The number of rotatable bonds is 4. The Kier molecular flexibility index (Phi) is 5.48. The minimum Gasteiger partial charge on any atom is -0.353 e. The van der Waals surface area contributed by atoms with Crippen LogP contribution >= 0.6 is 0 Å². The van der Waals surface area contributed by atoms with Crippen molar-refractivity contribution < 1.29 is 4.79 Å². The first-order chi connectivity index (χ1) is 8.75. The second kappa shape index (κ2) is 7.13.